The van der Waals surface area contributed by atoms with E-state index in [0.717, 1.165) is 35.4 Å². The van der Waals surface area contributed by atoms with Crippen LogP contribution in [0.25, 0.3) is 6.08 Å². The Hall–Kier alpha value is -3.90. The number of anilines is 2. The molecule has 3 rings (SSSR count). The van der Waals surface area contributed by atoms with Gasteiger partial charge in [-0.05, 0) is 49.9 Å². The second kappa shape index (κ2) is 12.9. The van der Waals surface area contributed by atoms with Gasteiger partial charge in [0.1, 0.15) is 5.75 Å². The summed E-state index contributed by atoms with van der Waals surface area (Å²) in [5, 5.41) is 13.2. The van der Waals surface area contributed by atoms with Crippen molar-refractivity contribution in [1.82, 2.24) is 4.90 Å². The van der Waals surface area contributed by atoms with Crippen LogP contribution in [0.1, 0.15) is 19.4 Å². The molecule has 0 spiro atoms. The zero-order valence-electron chi connectivity index (χ0n) is 20.8. The van der Waals surface area contributed by atoms with E-state index in [-0.39, 0.29) is 41.3 Å². The number of nitrogens with zero attached hydrogens (tertiary/aromatic N) is 3. The topological polar surface area (TPSA) is 131 Å². The van der Waals surface area contributed by atoms with E-state index in [9.17, 15) is 24.5 Å². The van der Waals surface area contributed by atoms with Gasteiger partial charge in [0.2, 0.25) is 0 Å². The average Bonchev–Trinajstić information content (AvgIpc) is 3.15. The fourth-order valence-electron chi connectivity index (χ4n) is 3.61. The van der Waals surface area contributed by atoms with Gasteiger partial charge in [-0.15, -0.1) is 0 Å². The fourth-order valence-corrected chi connectivity index (χ4v) is 4.46. The molecule has 12 heteroatoms. The Morgan fingerprint density at radius 3 is 2.62 bits per heavy atom. The lowest BCUT2D eigenvalue weighted by molar-refractivity contribution is -0.384. The molecule has 196 valence electrons. The van der Waals surface area contributed by atoms with Crippen LogP contribution in [0, 0.1) is 10.1 Å². The van der Waals surface area contributed by atoms with Crippen LogP contribution >= 0.6 is 11.8 Å². The average molecular weight is 529 g/mol. The standard InChI is InChI=1S/C25H28N4O7S/c1-4-27(5-2)19-10-9-17(13-22-24(31)28(11-12-35-3)25(32)37-22)21(15-19)36-16-23(30)26-18-7-6-8-20(14-18)29(33)34/h6-10,13-15H,4-5,11-12,16H2,1-3H3,(H,26,30)/b22-13+. The lowest BCUT2D eigenvalue weighted by Crippen LogP contribution is -2.31. The number of hydrogen-bond donors (Lipinski definition) is 1. The minimum absolute atomic E-state index is 0.146. The minimum atomic E-state index is -0.548. The Balaban J connectivity index is 1.83. The summed E-state index contributed by atoms with van der Waals surface area (Å²) in [6.07, 6.45) is 1.57. The molecule has 0 aliphatic carbocycles. The molecule has 3 amide bonds. The summed E-state index contributed by atoms with van der Waals surface area (Å²) in [6.45, 7) is 5.54. The monoisotopic (exact) mass is 528 g/mol. The summed E-state index contributed by atoms with van der Waals surface area (Å²) in [5.41, 5.74) is 1.51. The van der Waals surface area contributed by atoms with Crippen LogP contribution in [0.5, 0.6) is 5.75 Å². The molecule has 2 aromatic rings. The Morgan fingerprint density at radius 2 is 1.95 bits per heavy atom. The lowest BCUT2D eigenvalue weighted by atomic mass is 10.1. The van der Waals surface area contributed by atoms with E-state index < -0.39 is 16.7 Å². The molecule has 11 nitrogen and oxygen atoms in total. The van der Waals surface area contributed by atoms with Gasteiger partial charge in [0.25, 0.3) is 22.7 Å². The third-order valence-corrected chi connectivity index (χ3v) is 6.41. The predicted molar refractivity (Wildman–Crippen MR) is 142 cm³/mol. The zero-order valence-corrected chi connectivity index (χ0v) is 21.6. The first-order valence-corrected chi connectivity index (χ1v) is 12.4. The molecular formula is C25H28N4O7S. The van der Waals surface area contributed by atoms with E-state index in [1.54, 1.807) is 18.2 Å². The highest BCUT2D eigenvalue weighted by atomic mass is 32.2. The number of amides is 3. The highest BCUT2D eigenvalue weighted by Gasteiger charge is 2.34. The first-order valence-electron chi connectivity index (χ1n) is 11.6. The smallest absolute Gasteiger partial charge is 0.293 e. The molecule has 1 N–H and O–H groups in total. The molecule has 2 aromatic carbocycles. The number of thioether (sulfide) groups is 1. The molecule has 0 atom stereocenters. The normalized spacial score (nSPS) is 14.2. The molecule has 0 aromatic heterocycles. The molecule has 1 heterocycles. The summed E-state index contributed by atoms with van der Waals surface area (Å²) >= 11 is 0.828. The van der Waals surface area contributed by atoms with Gasteiger partial charge in [0.15, 0.2) is 6.61 Å². The summed E-state index contributed by atoms with van der Waals surface area (Å²) < 4.78 is 10.8. The van der Waals surface area contributed by atoms with Crippen LogP contribution < -0.4 is 15.0 Å². The Morgan fingerprint density at radius 1 is 1.19 bits per heavy atom. The van der Waals surface area contributed by atoms with E-state index in [2.05, 4.69) is 10.2 Å². The predicted octanol–water partition coefficient (Wildman–Crippen LogP) is 4.14. The molecule has 0 radical (unpaired) electrons. The first-order chi connectivity index (χ1) is 17.8. The molecular weight excluding hydrogens is 500 g/mol. The van der Waals surface area contributed by atoms with Crippen LogP contribution in [0.2, 0.25) is 0 Å². The van der Waals surface area contributed by atoms with E-state index in [1.807, 2.05) is 19.9 Å². The second-order valence-corrected chi connectivity index (χ2v) is 8.86. The van der Waals surface area contributed by atoms with Crippen LogP contribution in [-0.2, 0) is 14.3 Å². The van der Waals surface area contributed by atoms with E-state index in [0.29, 0.717) is 11.3 Å². The number of methoxy groups -OCH3 is 1. The molecule has 0 saturated carbocycles. The summed E-state index contributed by atoms with van der Waals surface area (Å²) in [6, 6.07) is 11.0. The van der Waals surface area contributed by atoms with Crippen LogP contribution in [0.4, 0.5) is 21.9 Å². The quantitative estimate of drug-likeness (QED) is 0.245. The van der Waals surface area contributed by atoms with Crippen LogP contribution in [0.15, 0.2) is 47.4 Å². The van der Waals surface area contributed by atoms with Crippen molar-refractivity contribution in [2.24, 2.45) is 0 Å². The van der Waals surface area contributed by atoms with Crippen molar-refractivity contribution in [2.45, 2.75) is 13.8 Å². The molecule has 37 heavy (non-hydrogen) atoms. The Kier molecular flexibility index (Phi) is 9.64. The van der Waals surface area contributed by atoms with Gasteiger partial charge in [-0.2, -0.15) is 0 Å². The molecule has 1 saturated heterocycles. The van der Waals surface area contributed by atoms with Crippen molar-refractivity contribution in [3.8, 4) is 5.75 Å². The van der Waals surface area contributed by atoms with Gasteiger partial charge >= 0.3 is 0 Å². The lowest BCUT2D eigenvalue weighted by Gasteiger charge is -2.22. The number of hydrogen-bond acceptors (Lipinski definition) is 9. The third kappa shape index (κ3) is 7.08. The Labute approximate surface area is 218 Å². The van der Waals surface area contributed by atoms with Gasteiger partial charge in [-0.1, -0.05) is 6.07 Å². The van der Waals surface area contributed by atoms with Gasteiger partial charge in [0.05, 0.1) is 23.0 Å². The van der Waals surface area contributed by atoms with Crippen molar-refractivity contribution >= 4 is 52.0 Å². The van der Waals surface area contributed by atoms with Crippen molar-refractivity contribution in [2.75, 3.05) is 50.2 Å². The van der Waals surface area contributed by atoms with Gasteiger partial charge in [-0.3, -0.25) is 29.4 Å². The van der Waals surface area contributed by atoms with Gasteiger partial charge in [-0.25, -0.2) is 0 Å². The van der Waals surface area contributed by atoms with Crippen LogP contribution in [0.3, 0.4) is 0 Å². The number of nitrogens with one attached hydrogen (secondary N) is 1. The number of imide groups is 1. The summed E-state index contributed by atoms with van der Waals surface area (Å²) in [5.74, 6) is -0.587. The van der Waals surface area contributed by atoms with Crippen molar-refractivity contribution in [3.63, 3.8) is 0 Å². The highest BCUT2D eigenvalue weighted by Crippen LogP contribution is 2.35. The maximum absolute atomic E-state index is 12.7. The number of nitro benzene ring substituents is 1. The van der Waals surface area contributed by atoms with E-state index in [1.165, 1.54) is 31.4 Å². The second-order valence-electron chi connectivity index (χ2n) is 7.86. The minimum Gasteiger partial charge on any atom is -0.483 e. The van der Waals surface area contributed by atoms with Crippen molar-refractivity contribution < 1.29 is 28.8 Å². The largest absolute Gasteiger partial charge is 0.483 e. The van der Waals surface area contributed by atoms with Gasteiger partial charge < -0.3 is 19.7 Å². The number of ether oxygens (including phenoxy) is 2. The summed E-state index contributed by atoms with van der Waals surface area (Å²) in [7, 11) is 1.49. The fraction of sp³-hybridized carbons (Fsp3) is 0.320. The number of rotatable bonds is 12. The number of nitro groups is 1. The first kappa shape index (κ1) is 27.7. The number of carbonyl (C=O) groups excluding carboxylic acids is 3. The maximum atomic E-state index is 12.7. The molecule has 1 aliphatic rings. The van der Waals surface area contributed by atoms with E-state index in [4.69, 9.17) is 9.47 Å². The number of non-ortho nitro benzene ring substituents is 1. The maximum Gasteiger partial charge on any atom is 0.293 e. The number of carbonyl (C=O) groups is 3. The Bertz CT molecular complexity index is 1210. The third-order valence-electron chi connectivity index (χ3n) is 5.50. The number of benzene rings is 2. The molecule has 1 fully saturated rings. The molecule has 0 unspecified atom stereocenters. The molecule has 1 aliphatic heterocycles. The van der Waals surface area contributed by atoms with Gasteiger partial charge in [0, 0.05) is 55.3 Å². The SMILES string of the molecule is CCN(CC)c1ccc(/C=C2/SC(=O)N(CCOC)C2=O)c(OCC(=O)Nc2cccc([N+](=O)[O-])c2)c1. The molecule has 0 bridgehead atoms. The highest BCUT2D eigenvalue weighted by molar-refractivity contribution is 8.18. The van der Waals surface area contributed by atoms with Crippen molar-refractivity contribution in [3.05, 3.63) is 63.0 Å². The van der Waals surface area contributed by atoms with E-state index >= 15 is 0 Å². The van der Waals surface area contributed by atoms with Crippen molar-refractivity contribution in [1.29, 1.82) is 0 Å². The summed E-state index contributed by atoms with van der Waals surface area (Å²) in [4.78, 5) is 51.5. The zero-order chi connectivity index (χ0) is 26.9. The van der Waals surface area contributed by atoms with Crippen LogP contribution in [-0.4, -0.2) is 66.8 Å².